The van der Waals surface area contributed by atoms with E-state index in [1.165, 1.54) is 5.56 Å². The highest BCUT2D eigenvalue weighted by Gasteiger charge is 2.59. The van der Waals surface area contributed by atoms with Gasteiger partial charge in [-0.05, 0) is 51.7 Å². The van der Waals surface area contributed by atoms with Crippen LogP contribution in [-0.4, -0.2) is 18.3 Å². The molecule has 2 atom stereocenters. The number of hydrogen-bond acceptors (Lipinski definition) is 3. The van der Waals surface area contributed by atoms with Gasteiger partial charge in [0.15, 0.2) is 0 Å². The molecule has 0 spiro atoms. The second-order valence-electron chi connectivity index (χ2n) is 6.19. The van der Waals surface area contributed by atoms with Crippen molar-refractivity contribution in [3.63, 3.8) is 0 Å². The van der Waals surface area contributed by atoms with Crippen molar-refractivity contribution in [1.82, 2.24) is 0 Å². The van der Waals surface area contributed by atoms with Gasteiger partial charge in [0.1, 0.15) is 0 Å². The van der Waals surface area contributed by atoms with Gasteiger partial charge in [0, 0.05) is 5.82 Å². The maximum Gasteiger partial charge on any atom is 0.461 e. The van der Waals surface area contributed by atoms with Crippen LogP contribution in [0.15, 0.2) is 23.0 Å². The van der Waals surface area contributed by atoms with E-state index in [1.807, 2.05) is 12.3 Å². The predicted octanol–water partition coefficient (Wildman–Crippen LogP) is 3.23. The van der Waals surface area contributed by atoms with Crippen LogP contribution < -0.4 is 0 Å². The second-order valence-corrected chi connectivity index (χ2v) is 6.19. The van der Waals surface area contributed by atoms with Crippen LogP contribution in [0, 0.1) is 0 Å². The van der Waals surface area contributed by atoms with Crippen molar-refractivity contribution < 1.29 is 13.7 Å². The van der Waals surface area contributed by atoms with Crippen LogP contribution in [0.25, 0.3) is 0 Å². The highest BCUT2D eigenvalue weighted by atomic mass is 16.7. The number of rotatable bonds is 2. The summed E-state index contributed by atoms with van der Waals surface area (Å²) in [5, 5.41) is 0. The first-order chi connectivity index (χ1) is 7.91. The normalized spacial score (nSPS) is 34.0. The van der Waals surface area contributed by atoms with Crippen LogP contribution in [-0.2, 0) is 9.31 Å². The van der Waals surface area contributed by atoms with Gasteiger partial charge in [-0.1, -0.05) is 0 Å². The first kappa shape index (κ1) is 11.4. The summed E-state index contributed by atoms with van der Waals surface area (Å²) < 4.78 is 17.3. The first-order valence-corrected chi connectivity index (χ1v) is 6.28. The molecule has 2 unspecified atom stereocenters. The summed E-state index contributed by atoms with van der Waals surface area (Å²) in [6.45, 7) is 8.40. The average Bonchev–Trinajstić information content (AvgIpc) is 2.75. The van der Waals surface area contributed by atoms with Crippen molar-refractivity contribution in [2.45, 2.75) is 57.1 Å². The molecular formula is C13H19BO3. The van der Waals surface area contributed by atoms with Crippen LogP contribution in [0.5, 0.6) is 0 Å². The lowest BCUT2D eigenvalue weighted by Gasteiger charge is -2.32. The van der Waals surface area contributed by atoms with E-state index in [-0.39, 0.29) is 18.3 Å². The van der Waals surface area contributed by atoms with E-state index in [0.717, 1.165) is 6.42 Å². The van der Waals surface area contributed by atoms with Gasteiger partial charge in [0.25, 0.3) is 0 Å². The van der Waals surface area contributed by atoms with Crippen molar-refractivity contribution in [2.75, 3.05) is 0 Å². The Morgan fingerprint density at radius 2 is 1.82 bits per heavy atom. The highest BCUT2D eigenvalue weighted by Crippen LogP contribution is 2.58. The van der Waals surface area contributed by atoms with Crippen molar-refractivity contribution in [3.8, 4) is 0 Å². The predicted molar refractivity (Wildman–Crippen MR) is 65.9 cm³/mol. The Kier molecular flexibility index (Phi) is 2.27. The summed E-state index contributed by atoms with van der Waals surface area (Å²) in [6.07, 6.45) is 4.70. The fourth-order valence-electron chi connectivity index (χ4n) is 2.45. The van der Waals surface area contributed by atoms with Gasteiger partial charge < -0.3 is 13.7 Å². The number of hydrogen-bond donors (Lipinski definition) is 0. The lowest BCUT2D eigenvalue weighted by Crippen LogP contribution is -2.41. The second kappa shape index (κ2) is 3.39. The Morgan fingerprint density at radius 3 is 2.35 bits per heavy atom. The molecular weight excluding hydrogens is 215 g/mol. The van der Waals surface area contributed by atoms with Crippen molar-refractivity contribution in [1.29, 1.82) is 0 Å². The standard InChI is InChI=1S/C13H19BO3/c1-12(2)13(3,4)17-14(16-12)11-7-10(11)9-5-6-15-8-9/h5-6,8,10-11H,7H2,1-4H3. The molecule has 2 aliphatic rings. The van der Waals surface area contributed by atoms with Crippen LogP contribution in [0.4, 0.5) is 0 Å². The van der Waals surface area contributed by atoms with E-state index in [9.17, 15) is 0 Å². The van der Waals surface area contributed by atoms with Crippen LogP contribution in [0.2, 0.25) is 5.82 Å². The Hall–Kier alpha value is -0.735. The fourth-order valence-corrected chi connectivity index (χ4v) is 2.45. The maximum absolute atomic E-state index is 6.06. The molecule has 3 rings (SSSR count). The van der Waals surface area contributed by atoms with Crippen molar-refractivity contribution >= 4 is 7.12 Å². The summed E-state index contributed by atoms with van der Waals surface area (Å²) in [5.74, 6) is 1.03. The van der Waals surface area contributed by atoms with Crippen LogP contribution >= 0.6 is 0 Å². The highest BCUT2D eigenvalue weighted by molar-refractivity contribution is 6.49. The minimum Gasteiger partial charge on any atom is -0.472 e. The van der Waals surface area contributed by atoms with Gasteiger partial charge in [-0.25, -0.2) is 0 Å². The molecule has 1 saturated heterocycles. The third-order valence-corrected chi connectivity index (χ3v) is 4.43. The molecule has 1 aliphatic carbocycles. The third kappa shape index (κ3) is 1.74. The van der Waals surface area contributed by atoms with E-state index < -0.39 is 0 Å². The van der Waals surface area contributed by atoms with E-state index in [4.69, 9.17) is 13.7 Å². The zero-order valence-electron chi connectivity index (χ0n) is 10.9. The quantitative estimate of drug-likeness (QED) is 0.736. The van der Waals surface area contributed by atoms with Crippen molar-refractivity contribution in [2.24, 2.45) is 0 Å². The molecule has 0 aromatic carbocycles. The van der Waals surface area contributed by atoms with Crippen LogP contribution in [0.1, 0.15) is 45.6 Å². The molecule has 2 heterocycles. The average molecular weight is 234 g/mol. The molecule has 92 valence electrons. The summed E-state index contributed by atoms with van der Waals surface area (Å²) in [7, 11) is -0.0695. The molecule has 0 radical (unpaired) electrons. The van der Waals surface area contributed by atoms with Gasteiger partial charge in [-0.2, -0.15) is 0 Å². The van der Waals surface area contributed by atoms with Gasteiger partial charge in [0.2, 0.25) is 0 Å². The Bertz CT molecular complexity index is 394. The molecule has 0 amide bonds. The number of furan rings is 1. The molecule has 0 bridgehead atoms. The molecule has 17 heavy (non-hydrogen) atoms. The van der Waals surface area contributed by atoms with Gasteiger partial charge >= 0.3 is 7.12 Å². The molecule has 3 nitrogen and oxygen atoms in total. The summed E-state index contributed by atoms with van der Waals surface area (Å²) >= 11 is 0. The van der Waals surface area contributed by atoms with E-state index in [0.29, 0.717) is 11.7 Å². The SMILES string of the molecule is CC1(C)OB(C2CC2c2ccoc2)OC1(C)C. The van der Waals surface area contributed by atoms with Crippen LogP contribution in [0.3, 0.4) is 0 Å². The van der Waals surface area contributed by atoms with Crippen molar-refractivity contribution in [3.05, 3.63) is 24.2 Å². The third-order valence-electron chi connectivity index (χ3n) is 4.43. The molecule has 2 fully saturated rings. The Morgan fingerprint density at radius 1 is 1.18 bits per heavy atom. The molecule has 1 aliphatic heterocycles. The molecule has 4 heteroatoms. The zero-order chi connectivity index (χ0) is 12.3. The summed E-state index contributed by atoms with van der Waals surface area (Å²) in [4.78, 5) is 0. The smallest absolute Gasteiger partial charge is 0.461 e. The molecule has 1 aromatic heterocycles. The largest absolute Gasteiger partial charge is 0.472 e. The van der Waals surface area contributed by atoms with Gasteiger partial charge in [0.05, 0.1) is 23.7 Å². The Balaban J connectivity index is 1.70. The van der Waals surface area contributed by atoms with E-state index in [2.05, 4.69) is 27.7 Å². The minimum absolute atomic E-state index is 0.0695. The monoisotopic (exact) mass is 234 g/mol. The fraction of sp³-hybridized carbons (Fsp3) is 0.692. The first-order valence-electron chi connectivity index (χ1n) is 6.28. The zero-order valence-corrected chi connectivity index (χ0v) is 10.9. The van der Waals surface area contributed by atoms with E-state index in [1.54, 1.807) is 6.26 Å². The summed E-state index contributed by atoms with van der Waals surface area (Å²) in [6, 6.07) is 2.04. The minimum atomic E-state index is -0.221. The lowest BCUT2D eigenvalue weighted by atomic mass is 9.80. The van der Waals surface area contributed by atoms with E-state index >= 15 is 0 Å². The lowest BCUT2D eigenvalue weighted by molar-refractivity contribution is 0.00578. The molecule has 1 saturated carbocycles. The van der Waals surface area contributed by atoms with Gasteiger partial charge in [-0.15, -0.1) is 0 Å². The summed E-state index contributed by atoms with van der Waals surface area (Å²) in [5.41, 5.74) is 0.826. The Labute approximate surface area is 103 Å². The maximum atomic E-state index is 6.06. The van der Waals surface area contributed by atoms with Gasteiger partial charge in [-0.3, -0.25) is 0 Å². The topological polar surface area (TPSA) is 31.6 Å². The molecule has 0 N–H and O–H groups in total. The molecule has 1 aromatic rings.